The summed E-state index contributed by atoms with van der Waals surface area (Å²) in [4.78, 5) is 43.4. The molecule has 7 nitrogen and oxygen atoms in total. The van der Waals surface area contributed by atoms with E-state index in [2.05, 4.69) is 10.3 Å². The molecule has 1 aromatic heterocycles. The van der Waals surface area contributed by atoms with E-state index in [4.69, 9.17) is 4.74 Å². The summed E-state index contributed by atoms with van der Waals surface area (Å²) in [6, 6.07) is 5.70. The predicted octanol–water partition coefficient (Wildman–Crippen LogP) is 2.80. The number of amides is 3. The molecule has 0 fully saturated rings. The van der Waals surface area contributed by atoms with Gasteiger partial charge in [0.05, 0.1) is 24.4 Å². The summed E-state index contributed by atoms with van der Waals surface area (Å²) in [6.45, 7) is 3.87. The molecule has 26 heavy (non-hydrogen) atoms. The Kier molecular flexibility index (Phi) is 5.03. The number of imide groups is 1. The summed E-state index contributed by atoms with van der Waals surface area (Å²) >= 11 is 1.18. The summed E-state index contributed by atoms with van der Waals surface area (Å²) in [5.74, 6) is -1.21. The summed E-state index contributed by atoms with van der Waals surface area (Å²) in [5, 5.41) is 3.60. The maximum atomic E-state index is 12.8. The summed E-state index contributed by atoms with van der Waals surface area (Å²) in [7, 11) is 1.51. The number of nitrogens with one attached hydrogen (secondary N) is 1. The third-order valence-corrected chi connectivity index (χ3v) is 4.92. The third kappa shape index (κ3) is 3.32. The van der Waals surface area contributed by atoms with Crippen LogP contribution in [0.25, 0.3) is 0 Å². The van der Waals surface area contributed by atoms with Crippen LogP contribution in [0.2, 0.25) is 0 Å². The van der Waals surface area contributed by atoms with E-state index in [1.807, 2.05) is 13.8 Å². The van der Waals surface area contributed by atoms with E-state index in [1.165, 1.54) is 24.6 Å². The molecule has 1 N–H and O–H groups in total. The fraction of sp³-hybridized carbons (Fsp3) is 0.333. The number of methoxy groups -OCH3 is 1. The Labute approximate surface area is 155 Å². The van der Waals surface area contributed by atoms with E-state index in [9.17, 15) is 14.4 Å². The average molecular weight is 373 g/mol. The maximum Gasteiger partial charge on any atom is 0.262 e. The van der Waals surface area contributed by atoms with E-state index in [0.717, 1.165) is 4.90 Å². The minimum absolute atomic E-state index is 0.112. The number of hydrogen-bond donors (Lipinski definition) is 1. The minimum atomic E-state index is -0.905. The van der Waals surface area contributed by atoms with Gasteiger partial charge in [-0.3, -0.25) is 19.3 Å². The van der Waals surface area contributed by atoms with Crippen molar-refractivity contribution in [2.75, 3.05) is 12.4 Å². The zero-order valence-electron chi connectivity index (χ0n) is 14.7. The van der Waals surface area contributed by atoms with Crippen LogP contribution in [-0.2, 0) is 4.79 Å². The zero-order chi connectivity index (χ0) is 18.8. The quantitative estimate of drug-likeness (QED) is 0.787. The van der Waals surface area contributed by atoms with Gasteiger partial charge in [0.25, 0.3) is 11.8 Å². The van der Waals surface area contributed by atoms with Crippen LogP contribution in [0.4, 0.5) is 5.13 Å². The van der Waals surface area contributed by atoms with Gasteiger partial charge in [0, 0.05) is 0 Å². The van der Waals surface area contributed by atoms with Crippen LogP contribution in [0.15, 0.2) is 30.5 Å². The van der Waals surface area contributed by atoms with Gasteiger partial charge in [-0.25, -0.2) is 4.98 Å². The highest BCUT2D eigenvalue weighted by atomic mass is 32.1. The molecular formula is C18H19N3O4S. The summed E-state index contributed by atoms with van der Waals surface area (Å²) < 4.78 is 5.06. The molecule has 0 bridgehead atoms. The lowest BCUT2D eigenvalue weighted by Crippen LogP contribution is -2.47. The normalized spacial score (nSPS) is 14.5. The highest BCUT2D eigenvalue weighted by Gasteiger charge is 2.42. The molecule has 136 valence electrons. The second-order valence-electron chi connectivity index (χ2n) is 6.35. The van der Waals surface area contributed by atoms with Gasteiger partial charge in [-0.2, -0.15) is 0 Å². The molecule has 2 aromatic rings. The van der Waals surface area contributed by atoms with E-state index >= 15 is 0 Å². The minimum Gasteiger partial charge on any atom is -0.486 e. The molecule has 3 amide bonds. The molecule has 0 saturated carbocycles. The smallest absolute Gasteiger partial charge is 0.262 e. The fourth-order valence-corrected chi connectivity index (χ4v) is 3.50. The van der Waals surface area contributed by atoms with E-state index in [-0.39, 0.29) is 5.92 Å². The molecule has 2 heterocycles. The van der Waals surface area contributed by atoms with Gasteiger partial charge in [0.2, 0.25) is 5.91 Å². The number of fused-ring (bicyclic) bond motifs is 1. The van der Waals surface area contributed by atoms with Gasteiger partial charge in [-0.15, -0.1) is 0 Å². The molecule has 0 saturated heterocycles. The van der Waals surface area contributed by atoms with Crippen molar-refractivity contribution in [1.82, 2.24) is 9.88 Å². The van der Waals surface area contributed by atoms with Crippen molar-refractivity contribution in [2.24, 2.45) is 5.92 Å². The Balaban J connectivity index is 1.87. The number of hydrogen-bond acceptors (Lipinski definition) is 6. The van der Waals surface area contributed by atoms with Crippen LogP contribution < -0.4 is 10.1 Å². The first kappa shape index (κ1) is 18.1. The number of anilines is 1. The van der Waals surface area contributed by atoms with Crippen molar-refractivity contribution < 1.29 is 19.1 Å². The lowest BCUT2D eigenvalue weighted by molar-refractivity contribution is -0.120. The van der Waals surface area contributed by atoms with Gasteiger partial charge >= 0.3 is 0 Å². The Morgan fingerprint density at radius 3 is 2.35 bits per heavy atom. The second-order valence-corrected chi connectivity index (χ2v) is 7.34. The van der Waals surface area contributed by atoms with E-state index in [1.54, 1.807) is 24.3 Å². The van der Waals surface area contributed by atoms with Crippen LogP contribution >= 0.6 is 11.3 Å². The van der Waals surface area contributed by atoms with E-state index < -0.39 is 23.8 Å². The number of thiazole rings is 1. The number of carbonyl (C=O) groups excluding carboxylic acids is 3. The van der Waals surface area contributed by atoms with Crippen molar-refractivity contribution in [3.8, 4) is 5.06 Å². The Morgan fingerprint density at radius 1 is 1.23 bits per heavy atom. The average Bonchev–Trinajstić information content (AvgIpc) is 3.16. The Bertz CT molecular complexity index is 827. The topological polar surface area (TPSA) is 88.6 Å². The van der Waals surface area contributed by atoms with E-state index in [0.29, 0.717) is 27.7 Å². The molecule has 1 aliphatic rings. The van der Waals surface area contributed by atoms with Gasteiger partial charge in [-0.1, -0.05) is 37.3 Å². The molecule has 0 aliphatic carbocycles. The number of rotatable bonds is 6. The third-order valence-electron chi connectivity index (χ3n) is 4.05. The largest absolute Gasteiger partial charge is 0.486 e. The van der Waals surface area contributed by atoms with Crippen LogP contribution in [-0.4, -0.2) is 40.8 Å². The van der Waals surface area contributed by atoms with Crippen LogP contribution in [0, 0.1) is 5.92 Å². The molecule has 1 aliphatic heterocycles. The zero-order valence-corrected chi connectivity index (χ0v) is 15.5. The highest BCUT2D eigenvalue weighted by Crippen LogP contribution is 2.29. The molecule has 0 spiro atoms. The molecule has 3 rings (SSSR count). The number of aromatic nitrogens is 1. The lowest BCUT2D eigenvalue weighted by atomic mass is 10.0. The molecule has 1 aromatic carbocycles. The number of benzene rings is 1. The van der Waals surface area contributed by atoms with Crippen molar-refractivity contribution in [3.63, 3.8) is 0 Å². The number of carbonyl (C=O) groups is 3. The highest BCUT2D eigenvalue weighted by molar-refractivity contribution is 7.17. The Hall–Kier alpha value is -2.74. The van der Waals surface area contributed by atoms with Crippen molar-refractivity contribution in [2.45, 2.75) is 26.3 Å². The second kappa shape index (κ2) is 7.25. The van der Waals surface area contributed by atoms with Crippen molar-refractivity contribution in [1.29, 1.82) is 0 Å². The standard InChI is InChI=1S/C18H19N3O4S/c1-10(2)8-13(15(22)20-18-19-9-14(25-3)26-18)21-16(23)11-6-4-5-7-12(11)17(21)24/h4-7,9-10,13H,8H2,1-3H3,(H,19,20,22)/t13-/m1/s1. The number of ether oxygens (including phenoxy) is 1. The molecule has 0 unspecified atom stereocenters. The van der Waals surface area contributed by atoms with Gasteiger partial charge in [-0.05, 0) is 24.5 Å². The maximum absolute atomic E-state index is 12.8. The fourth-order valence-electron chi connectivity index (χ4n) is 2.87. The summed E-state index contributed by atoms with van der Waals surface area (Å²) in [6.07, 6.45) is 1.86. The molecular weight excluding hydrogens is 354 g/mol. The van der Waals surface area contributed by atoms with Crippen molar-refractivity contribution in [3.05, 3.63) is 41.6 Å². The first-order chi connectivity index (χ1) is 12.4. The predicted molar refractivity (Wildman–Crippen MR) is 97.5 cm³/mol. The lowest BCUT2D eigenvalue weighted by Gasteiger charge is -2.26. The molecule has 8 heteroatoms. The van der Waals surface area contributed by atoms with Crippen LogP contribution in [0.5, 0.6) is 5.06 Å². The Morgan fingerprint density at radius 2 is 1.85 bits per heavy atom. The first-order valence-corrected chi connectivity index (χ1v) is 9.01. The van der Waals surface area contributed by atoms with Crippen LogP contribution in [0.1, 0.15) is 41.0 Å². The van der Waals surface area contributed by atoms with Gasteiger partial charge in [0.1, 0.15) is 6.04 Å². The van der Waals surface area contributed by atoms with Gasteiger partial charge in [0.15, 0.2) is 10.2 Å². The monoisotopic (exact) mass is 373 g/mol. The SMILES string of the molecule is COc1cnc(NC(=O)[C@@H](CC(C)C)N2C(=O)c3ccccc3C2=O)s1. The summed E-state index contributed by atoms with van der Waals surface area (Å²) in [5.41, 5.74) is 0.657. The number of nitrogens with zero attached hydrogens (tertiary/aromatic N) is 2. The van der Waals surface area contributed by atoms with Gasteiger partial charge < -0.3 is 10.1 Å². The van der Waals surface area contributed by atoms with Crippen molar-refractivity contribution >= 4 is 34.2 Å². The molecule has 0 radical (unpaired) electrons. The molecule has 1 atom stereocenters. The first-order valence-electron chi connectivity index (χ1n) is 8.20. The van der Waals surface area contributed by atoms with Crippen LogP contribution in [0.3, 0.4) is 0 Å².